The van der Waals surface area contributed by atoms with Gasteiger partial charge in [0.25, 0.3) is 5.56 Å². The third kappa shape index (κ3) is 4.55. The first-order valence-corrected chi connectivity index (χ1v) is 11.6. The SMILES string of the molecule is COc1cc(C=Nn2c(-c3cc4c(OC)cccc4o3)nc3ccccc3c2=O)ccc1O[C@@H](C)C(=O)O. The molecule has 0 saturated heterocycles. The van der Waals surface area contributed by atoms with Crippen molar-refractivity contribution in [3.63, 3.8) is 0 Å². The zero-order valence-electron chi connectivity index (χ0n) is 20.7. The molecule has 0 fully saturated rings. The van der Waals surface area contributed by atoms with Crippen LogP contribution in [0.15, 0.2) is 81.0 Å². The molecule has 3 aromatic carbocycles. The van der Waals surface area contributed by atoms with Crippen LogP contribution in [0.1, 0.15) is 12.5 Å². The van der Waals surface area contributed by atoms with Crippen LogP contribution < -0.4 is 19.8 Å². The number of carboxylic acid groups (broad SMARTS) is 1. The second kappa shape index (κ2) is 10.1. The first-order valence-electron chi connectivity index (χ1n) is 11.6. The number of para-hydroxylation sites is 1. The highest BCUT2D eigenvalue weighted by Crippen LogP contribution is 2.33. The van der Waals surface area contributed by atoms with E-state index in [1.54, 1.807) is 61.7 Å². The molecular formula is C28H23N3O7. The van der Waals surface area contributed by atoms with Crippen LogP contribution in [0.5, 0.6) is 17.2 Å². The summed E-state index contributed by atoms with van der Waals surface area (Å²) in [7, 11) is 3.02. The average molecular weight is 514 g/mol. The second-order valence-electron chi connectivity index (χ2n) is 8.31. The van der Waals surface area contributed by atoms with Crippen LogP contribution in [0.3, 0.4) is 0 Å². The van der Waals surface area contributed by atoms with Crippen molar-refractivity contribution in [3.8, 4) is 28.8 Å². The predicted octanol–water partition coefficient (Wildman–Crippen LogP) is 4.56. The summed E-state index contributed by atoms with van der Waals surface area (Å²) in [4.78, 5) is 29.3. The van der Waals surface area contributed by atoms with Crippen LogP contribution in [0.2, 0.25) is 0 Å². The minimum Gasteiger partial charge on any atom is -0.496 e. The molecule has 0 radical (unpaired) electrons. The lowest BCUT2D eigenvalue weighted by Crippen LogP contribution is -2.23. The van der Waals surface area contributed by atoms with Gasteiger partial charge in [0, 0.05) is 0 Å². The van der Waals surface area contributed by atoms with Gasteiger partial charge in [0.2, 0.25) is 5.82 Å². The van der Waals surface area contributed by atoms with E-state index in [1.807, 2.05) is 12.1 Å². The van der Waals surface area contributed by atoms with Crippen molar-refractivity contribution in [2.75, 3.05) is 14.2 Å². The number of carboxylic acids is 1. The number of hydrogen-bond acceptors (Lipinski definition) is 8. The lowest BCUT2D eigenvalue weighted by molar-refractivity contribution is -0.144. The van der Waals surface area contributed by atoms with Crippen molar-refractivity contribution in [3.05, 3.63) is 82.6 Å². The molecule has 38 heavy (non-hydrogen) atoms. The van der Waals surface area contributed by atoms with E-state index in [0.717, 1.165) is 5.39 Å². The van der Waals surface area contributed by atoms with Crippen LogP contribution in [0.4, 0.5) is 0 Å². The molecule has 10 nitrogen and oxygen atoms in total. The molecule has 0 aliphatic carbocycles. The molecule has 10 heteroatoms. The van der Waals surface area contributed by atoms with Gasteiger partial charge in [-0.2, -0.15) is 9.78 Å². The van der Waals surface area contributed by atoms with E-state index in [0.29, 0.717) is 39.3 Å². The van der Waals surface area contributed by atoms with Crippen LogP contribution in [-0.4, -0.2) is 47.3 Å². The maximum Gasteiger partial charge on any atom is 0.344 e. The summed E-state index contributed by atoms with van der Waals surface area (Å²) in [5, 5.41) is 14.7. The largest absolute Gasteiger partial charge is 0.496 e. The summed E-state index contributed by atoms with van der Waals surface area (Å²) in [5.41, 5.74) is 1.28. The van der Waals surface area contributed by atoms with Crippen molar-refractivity contribution < 1.29 is 28.5 Å². The molecule has 0 aliphatic rings. The normalized spacial score (nSPS) is 12.2. The first kappa shape index (κ1) is 24.6. The first-order chi connectivity index (χ1) is 18.4. The quantitative estimate of drug-likeness (QED) is 0.299. The van der Waals surface area contributed by atoms with Crippen LogP contribution >= 0.6 is 0 Å². The molecule has 0 spiro atoms. The molecule has 192 valence electrons. The van der Waals surface area contributed by atoms with Crippen molar-refractivity contribution in [2.45, 2.75) is 13.0 Å². The zero-order chi connectivity index (χ0) is 26.8. The van der Waals surface area contributed by atoms with Gasteiger partial charge >= 0.3 is 5.97 Å². The third-order valence-electron chi connectivity index (χ3n) is 5.88. The molecule has 5 aromatic rings. The van der Waals surface area contributed by atoms with Crippen LogP contribution in [0, 0.1) is 0 Å². The second-order valence-corrected chi connectivity index (χ2v) is 8.31. The monoisotopic (exact) mass is 513 g/mol. The standard InChI is InChI=1S/C28H23N3O7/c1-16(28(33)34)37-23-12-11-17(13-24(23)36-3)15-29-31-26(30-20-8-5-4-7-18(20)27(31)32)25-14-19-21(35-2)9-6-10-22(19)38-25/h4-16H,1-3H3,(H,33,34)/t16-/m0/s1. The zero-order valence-corrected chi connectivity index (χ0v) is 20.7. The Morgan fingerprint density at radius 3 is 2.55 bits per heavy atom. The molecule has 0 bridgehead atoms. The molecular weight excluding hydrogens is 490 g/mol. The number of benzene rings is 3. The van der Waals surface area contributed by atoms with Gasteiger partial charge in [-0.15, -0.1) is 0 Å². The third-order valence-corrected chi connectivity index (χ3v) is 5.88. The van der Waals surface area contributed by atoms with E-state index >= 15 is 0 Å². The number of aliphatic carboxylic acids is 1. The van der Waals surface area contributed by atoms with Crippen molar-refractivity contribution in [2.24, 2.45) is 5.10 Å². The van der Waals surface area contributed by atoms with Crippen LogP contribution in [-0.2, 0) is 4.79 Å². The Balaban J connectivity index is 1.61. The summed E-state index contributed by atoms with van der Waals surface area (Å²) < 4.78 is 23.5. The van der Waals surface area contributed by atoms with E-state index in [9.17, 15) is 9.59 Å². The van der Waals surface area contributed by atoms with Gasteiger partial charge in [0.15, 0.2) is 23.4 Å². The summed E-state index contributed by atoms with van der Waals surface area (Å²) in [6.45, 7) is 1.42. The van der Waals surface area contributed by atoms with Gasteiger partial charge in [-0.05, 0) is 61.0 Å². The number of carbonyl (C=O) groups is 1. The number of rotatable bonds is 8. The van der Waals surface area contributed by atoms with E-state index in [-0.39, 0.29) is 17.1 Å². The number of ether oxygens (including phenoxy) is 3. The fraction of sp³-hybridized carbons (Fsp3) is 0.143. The Morgan fingerprint density at radius 1 is 1.00 bits per heavy atom. The summed E-state index contributed by atoms with van der Waals surface area (Å²) in [6.07, 6.45) is 0.410. The molecule has 0 saturated carbocycles. The molecule has 5 rings (SSSR count). The lowest BCUT2D eigenvalue weighted by atomic mass is 10.2. The highest BCUT2D eigenvalue weighted by molar-refractivity contribution is 5.88. The number of nitrogens with zero attached hydrogens (tertiary/aromatic N) is 3. The maximum atomic E-state index is 13.5. The average Bonchev–Trinajstić information content (AvgIpc) is 3.37. The number of fused-ring (bicyclic) bond motifs is 2. The number of methoxy groups -OCH3 is 2. The molecule has 2 heterocycles. The Morgan fingerprint density at radius 2 is 1.79 bits per heavy atom. The fourth-order valence-corrected chi connectivity index (χ4v) is 3.94. The van der Waals surface area contributed by atoms with Gasteiger partial charge < -0.3 is 23.7 Å². The lowest BCUT2D eigenvalue weighted by Gasteiger charge is -2.14. The Labute approximate surface area is 216 Å². The summed E-state index contributed by atoms with van der Waals surface area (Å²) in [6, 6.07) is 19.0. The molecule has 1 N–H and O–H groups in total. The van der Waals surface area contributed by atoms with Crippen molar-refractivity contribution >= 4 is 34.1 Å². The van der Waals surface area contributed by atoms with Gasteiger partial charge in [0.1, 0.15) is 11.3 Å². The summed E-state index contributed by atoms with van der Waals surface area (Å²) in [5.74, 6) is 0.662. The smallest absolute Gasteiger partial charge is 0.344 e. The number of hydrogen-bond donors (Lipinski definition) is 1. The number of aromatic nitrogens is 2. The molecule has 0 aliphatic heterocycles. The Bertz CT molecular complexity index is 1750. The van der Waals surface area contributed by atoms with E-state index in [4.69, 9.17) is 23.7 Å². The Kier molecular flexibility index (Phi) is 6.53. The predicted molar refractivity (Wildman–Crippen MR) is 141 cm³/mol. The van der Waals surface area contributed by atoms with Gasteiger partial charge in [-0.1, -0.05) is 18.2 Å². The Hall–Kier alpha value is -5.12. The highest BCUT2D eigenvalue weighted by Gasteiger charge is 2.18. The highest BCUT2D eigenvalue weighted by atomic mass is 16.5. The van der Waals surface area contributed by atoms with Crippen molar-refractivity contribution in [1.82, 2.24) is 9.66 Å². The molecule has 0 unspecified atom stereocenters. The van der Waals surface area contributed by atoms with Gasteiger partial charge in [-0.3, -0.25) is 4.79 Å². The molecule has 2 aromatic heterocycles. The fourth-order valence-electron chi connectivity index (χ4n) is 3.94. The molecule has 1 atom stereocenters. The topological polar surface area (TPSA) is 125 Å². The van der Waals surface area contributed by atoms with E-state index in [1.165, 1.54) is 24.9 Å². The van der Waals surface area contributed by atoms with E-state index in [2.05, 4.69) is 10.1 Å². The van der Waals surface area contributed by atoms with Crippen molar-refractivity contribution in [1.29, 1.82) is 0 Å². The minimum atomic E-state index is -1.10. The molecule has 0 amide bonds. The minimum absolute atomic E-state index is 0.213. The van der Waals surface area contributed by atoms with Gasteiger partial charge in [0.05, 0.1) is 36.7 Å². The van der Waals surface area contributed by atoms with Gasteiger partial charge in [-0.25, -0.2) is 9.78 Å². The van der Waals surface area contributed by atoms with Crippen LogP contribution in [0.25, 0.3) is 33.5 Å². The number of furan rings is 1. The summed E-state index contributed by atoms with van der Waals surface area (Å²) >= 11 is 0. The van der Waals surface area contributed by atoms with E-state index < -0.39 is 12.1 Å². The maximum absolute atomic E-state index is 13.5.